The summed E-state index contributed by atoms with van der Waals surface area (Å²) in [6, 6.07) is 0. The number of rotatable bonds is 3. The molecule has 1 rings (SSSR count). The maximum Gasteiger partial charge on any atom is 0.298 e. The molecule has 0 saturated carbocycles. The molecule has 0 radical (unpaired) electrons. The van der Waals surface area contributed by atoms with Crippen LogP contribution in [0.4, 0.5) is 0 Å². The summed E-state index contributed by atoms with van der Waals surface area (Å²) in [5.74, 6) is 0. The zero-order valence-electron chi connectivity index (χ0n) is 7.79. The van der Waals surface area contributed by atoms with Crippen molar-refractivity contribution in [3.8, 4) is 0 Å². The second-order valence-corrected chi connectivity index (χ2v) is 4.57. The molecule has 0 saturated heterocycles. The van der Waals surface area contributed by atoms with E-state index in [1.165, 1.54) is 6.08 Å². The molecule has 0 fully saturated rings. The van der Waals surface area contributed by atoms with Gasteiger partial charge < -0.3 is 5.09 Å². The van der Waals surface area contributed by atoms with E-state index in [0.29, 0.717) is 0 Å². The first-order valence-corrected chi connectivity index (χ1v) is 5.91. The van der Waals surface area contributed by atoms with Crippen molar-refractivity contribution in [1.82, 2.24) is 5.09 Å². The molecule has 8 heteroatoms. The van der Waals surface area contributed by atoms with Crippen LogP contribution in [0.2, 0.25) is 0 Å². The molecular weight excluding hydrogens is 219 g/mol. The van der Waals surface area contributed by atoms with Crippen molar-refractivity contribution in [2.24, 2.45) is 11.0 Å². The van der Waals surface area contributed by atoms with E-state index in [1.54, 1.807) is 18.2 Å². The Labute approximate surface area is 86.2 Å². The average molecular weight is 230 g/mol. The van der Waals surface area contributed by atoms with Gasteiger partial charge in [0, 0.05) is 0 Å². The molecular formula is C7H11N4O3P. The van der Waals surface area contributed by atoms with Gasteiger partial charge >= 0.3 is 0 Å². The van der Waals surface area contributed by atoms with Crippen molar-refractivity contribution in [2.75, 3.05) is 0 Å². The number of hydrogen-bond donors (Lipinski definition) is 3. The molecule has 0 aliphatic heterocycles. The number of nitrogens with one attached hydrogen (secondary N) is 1. The van der Waals surface area contributed by atoms with E-state index in [1.807, 2.05) is 0 Å². The van der Waals surface area contributed by atoms with E-state index >= 15 is 0 Å². The predicted octanol–water partition coefficient (Wildman–Crippen LogP) is 0.606. The molecule has 0 spiro atoms. The molecule has 15 heavy (non-hydrogen) atoms. The Morgan fingerprint density at radius 1 is 1.47 bits per heavy atom. The lowest BCUT2D eigenvalue weighted by Crippen LogP contribution is -2.23. The normalized spacial score (nSPS) is 16.4. The van der Waals surface area contributed by atoms with Crippen LogP contribution in [0.25, 0.3) is 0 Å². The lowest BCUT2D eigenvalue weighted by Gasteiger charge is -2.10. The maximum atomic E-state index is 11.1. The van der Waals surface area contributed by atoms with Gasteiger partial charge in [-0.25, -0.2) is 0 Å². The van der Waals surface area contributed by atoms with E-state index < -0.39 is 12.5 Å². The minimum absolute atomic E-state index is 0.0818. The number of hydrogen-bond acceptors (Lipinski definition) is 3. The van der Waals surface area contributed by atoms with Crippen molar-refractivity contribution < 1.29 is 9.49 Å². The number of allylic oxidation sites excluding steroid dienone is 4. The second kappa shape index (κ2) is 4.39. The number of nitrogens with two attached hydrogens (primary N) is 2. The van der Waals surface area contributed by atoms with Gasteiger partial charge in [-0.05, 0) is 6.08 Å². The Morgan fingerprint density at radius 3 is 2.67 bits per heavy atom. The summed E-state index contributed by atoms with van der Waals surface area (Å²) in [5, 5.41) is 12.9. The Kier molecular flexibility index (Phi) is 3.41. The smallest absolute Gasteiger partial charge is 0.298 e. The third kappa shape index (κ3) is 3.67. The first kappa shape index (κ1) is 11.6. The van der Waals surface area contributed by atoms with Gasteiger partial charge in [0.25, 0.3) is 13.3 Å². The molecule has 0 aromatic rings. The largest absolute Gasteiger partial charge is 0.308 e. The zero-order valence-corrected chi connectivity index (χ0v) is 8.68. The summed E-state index contributed by atoms with van der Waals surface area (Å²) >= 11 is 0. The van der Waals surface area contributed by atoms with Gasteiger partial charge in [0.05, 0.1) is 11.3 Å². The summed E-state index contributed by atoms with van der Waals surface area (Å²) in [5.41, 5.74) is 10.1. The topological polar surface area (TPSA) is 124 Å². The van der Waals surface area contributed by atoms with Gasteiger partial charge in [-0.1, -0.05) is 18.2 Å². The molecule has 0 heterocycles. The van der Waals surface area contributed by atoms with Crippen molar-refractivity contribution in [2.45, 2.75) is 6.42 Å². The highest BCUT2D eigenvalue weighted by Gasteiger charge is 2.20. The third-order valence-corrected chi connectivity index (χ3v) is 2.24. The fourth-order valence-corrected chi connectivity index (χ4v) is 1.66. The minimum atomic E-state index is -3.52. The highest BCUT2D eigenvalue weighted by Crippen LogP contribution is 2.24. The van der Waals surface area contributed by atoms with Gasteiger partial charge in [-0.3, -0.25) is 25.7 Å². The summed E-state index contributed by atoms with van der Waals surface area (Å²) in [4.78, 5) is 10.1. The van der Waals surface area contributed by atoms with Gasteiger partial charge in [-0.15, -0.1) is 0 Å². The molecule has 0 amide bonds. The summed E-state index contributed by atoms with van der Waals surface area (Å²) in [6.07, 6.45) is 6.38. The van der Waals surface area contributed by atoms with Crippen LogP contribution >= 0.6 is 7.59 Å². The molecule has 0 aromatic heterocycles. The number of nitro groups is 1. The fourth-order valence-electron chi connectivity index (χ4n) is 1.08. The molecule has 0 atom stereocenters. The molecule has 0 bridgehead atoms. The molecule has 0 unspecified atom stereocenters. The molecule has 0 aromatic carbocycles. The van der Waals surface area contributed by atoms with Crippen LogP contribution in [0.1, 0.15) is 6.42 Å². The third-order valence-electron chi connectivity index (χ3n) is 1.65. The summed E-state index contributed by atoms with van der Waals surface area (Å²) < 4.78 is 11.1. The van der Waals surface area contributed by atoms with Crippen molar-refractivity contribution in [3.05, 3.63) is 45.8 Å². The van der Waals surface area contributed by atoms with Crippen LogP contribution < -0.4 is 16.1 Å². The Balaban J connectivity index is 3.07. The lowest BCUT2D eigenvalue weighted by atomic mass is 10.3. The van der Waals surface area contributed by atoms with Crippen molar-refractivity contribution in [3.63, 3.8) is 0 Å². The molecule has 1 aliphatic rings. The maximum absolute atomic E-state index is 11.1. The van der Waals surface area contributed by atoms with Crippen LogP contribution in [-0.4, -0.2) is 4.92 Å². The van der Waals surface area contributed by atoms with Crippen LogP contribution in [0, 0.1) is 10.1 Å². The summed E-state index contributed by atoms with van der Waals surface area (Å²) in [7, 11) is -3.52. The van der Waals surface area contributed by atoms with Crippen LogP contribution in [0.3, 0.4) is 0 Å². The van der Waals surface area contributed by atoms with Crippen LogP contribution in [0.15, 0.2) is 35.7 Å². The Morgan fingerprint density at radius 2 is 2.13 bits per heavy atom. The highest BCUT2D eigenvalue weighted by atomic mass is 31.2. The monoisotopic (exact) mass is 230 g/mol. The first-order chi connectivity index (χ1) is 6.90. The second-order valence-electron chi connectivity index (χ2n) is 2.93. The summed E-state index contributed by atoms with van der Waals surface area (Å²) in [6.45, 7) is 0. The van der Waals surface area contributed by atoms with Gasteiger partial charge in [-0.2, -0.15) is 0 Å². The van der Waals surface area contributed by atoms with Crippen molar-refractivity contribution >= 4 is 7.59 Å². The Hall–Kier alpha value is -1.43. The van der Waals surface area contributed by atoms with Gasteiger partial charge in [0.15, 0.2) is 0 Å². The molecule has 1 aliphatic carbocycles. The van der Waals surface area contributed by atoms with E-state index in [0.717, 1.165) is 0 Å². The standard InChI is InChI=1S/C7H11N4O3P/c8-15(9,14)10-6-4-2-1-3-5-7(6)11(12)13/h1-4H,5H2,(H5,8,9,10,14). The van der Waals surface area contributed by atoms with E-state index in [9.17, 15) is 14.7 Å². The molecule has 7 nitrogen and oxygen atoms in total. The van der Waals surface area contributed by atoms with E-state index in [4.69, 9.17) is 11.0 Å². The number of nitrogens with zero attached hydrogens (tertiary/aromatic N) is 1. The predicted molar refractivity (Wildman–Crippen MR) is 56.0 cm³/mol. The van der Waals surface area contributed by atoms with Crippen molar-refractivity contribution in [1.29, 1.82) is 0 Å². The Bertz CT molecular complexity index is 406. The van der Waals surface area contributed by atoms with E-state index in [-0.39, 0.29) is 17.8 Å². The fraction of sp³-hybridized carbons (Fsp3) is 0.143. The minimum Gasteiger partial charge on any atom is -0.308 e. The SMILES string of the molecule is NP(N)(=O)NC1=C([N+](=O)[O-])CC=CC=C1. The van der Waals surface area contributed by atoms with Crippen LogP contribution in [-0.2, 0) is 4.57 Å². The quantitative estimate of drug-likeness (QED) is 0.370. The highest BCUT2D eigenvalue weighted by molar-refractivity contribution is 7.57. The van der Waals surface area contributed by atoms with Gasteiger partial charge in [0.2, 0.25) is 0 Å². The molecule has 82 valence electrons. The van der Waals surface area contributed by atoms with Gasteiger partial charge in [0.1, 0.15) is 5.70 Å². The van der Waals surface area contributed by atoms with Crippen LogP contribution in [0.5, 0.6) is 0 Å². The molecule has 5 N–H and O–H groups in total. The average Bonchev–Trinajstić information content (AvgIpc) is 2.26. The zero-order chi connectivity index (χ0) is 11.5. The first-order valence-electron chi connectivity index (χ1n) is 4.06. The lowest BCUT2D eigenvalue weighted by molar-refractivity contribution is -0.427. The van der Waals surface area contributed by atoms with E-state index in [2.05, 4.69) is 5.09 Å².